The van der Waals surface area contributed by atoms with Crippen molar-refractivity contribution in [3.8, 4) is 22.8 Å². The Hall–Kier alpha value is -3.52. The molecule has 0 aliphatic carbocycles. The van der Waals surface area contributed by atoms with Gasteiger partial charge in [0, 0.05) is 11.1 Å². The summed E-state index contributed by atoms with van der Waals surface area (Å²) in [6, 6.07) is 10.7. The molecule has 3 rings (SSSR count). The number of carbonyl (C=O) groups is 2. The summed E-state index contributed by atoms with van der Waals surface area (Å²) < 4.78 is 37.3. The summed E-state index contributed by atoms with van der Waals surface area (Å²) in [7, 11) is 2.74. The number of rotatable bonds is 7. The first kappa shape index (κ1) is 22.2. The molecule has 31 heavy (non-hydrogen) atoms. The van der Waals surface area contributed by atoms with Crippen LogP contribution in [0.3, 0.4) is 0 Å². The second kappa shape index (κ2) is 9.53. The quantitative estimate of drug-likeness (QED) is 0.547. The first-order valence-corrected chi connectivity index (χ1v) is 9.37. The van der Waals surface area contributed by atoms with E-state index in [9.17, 15) is 18.4 Å². The fourth-order valence-electron chi connectivity index (χ4n) is 2.78. The number of hydrogen-bond donors (Lipinski definition) is 1. The predicted octanol–water partition coefficient (Wildman–Crippen LogP) is 4.31. The van der Waals surface area contributed by atoms with Gasteiger partial charge in [-0.1, -0.05) is 11.6 Å². The highest BCUT2D eigenvalue weighted by Crippen LogP contribution is 2.31. The number of pyridine rings is 1. The van der Waals surface area contributed by atoms with Crippen LogP contribution in [0.5, 0.6) is 11.5 Å². The number of methoxy groups -OCH3 is 2. The molecule has 0 spiro atoms. The van der Waals surface area contributed by atoms with Crippen LogP contribution in [0.1, 0.15) is 20.8 Å². The van der Waals surface area contributed by atoms with Crippen LogP contribution in [0.4, 0.5) is 8.78 Å². The molecule has 9 heteroatoms. The maximum Gasteiger partial charge on any atom is 0.251 e. The molecule has 0 saturated heterocycles. The molecule has 6 nitrogen and oxygen atoms in total. The molecule has 0 atom stereocenters. The molecule has 0 saturated carbocycles. The van der Waals surface area contributed by atoms with Crippen molar-refractivity contribution in [2.45, 2.75) is 0 Å². The molecule has 2 aromatic carbocycles. The molecule has 1 amide bonds. The molecule has 1 aromatic heterocycles. The Balaban J connectivity index is 1.78. The van der Waals surface area contributed by atoms with Gasteiger partial charge in [0.2, 0.25) is 0 Å². The van der Waals surface area contributed by atoms with E-state index in [1.807, 2.05) is 0 Å². The van der Waals surface area contributed by atoms with Crippen molar-refractivity contribution in [2.24, 2.45) is 0 Å². The van der Waals surface area contributed by atoms with Crippen LogP contribution < -0.4 is 14.8 Å². The standard InChI is InChI=1S/C22H17ClF2N2O4/c1-30-19-7-4-13(10-16(19)25)22(29)26-11-18(28)17-6-8-20(31-2)21(27-17)12-3-5-15(24)14(23)9-12/h3-10H,11H2,1-2H3,(H,26,29). The Kier molecular flexibility index (Phi) is 6.81. The molecule has 0 radical (unpaired) electrons. The van der Waals surface area contributed by atoms with Gasteiger partial charge < -0.3 is 14.8 Å². The molecule has 1 N–H and O–H groups in total. The number of carbonyl (C=O) groups excluding carboxylic acids is 2. The average molecular weight is 447 g/mol. The van der Waals surface area contributed by atoms with E-state index in [1.54, 1.807) is 0 Å². The largest absolute Gasteiger partial charge is 0.494 e. The van der Waals surface area contributed by atoms with E-state index >= 15 is 0 Å². The van der Waals surface area contributed by atoms with Gasteiger partial charge in [0.05, 0.1) is 25.8 Å². The van der Waals surface area contributed by atoms with Crippen molar-refractivity contribution in [1.29, 1.82) is 0 Å². The molecular weight excluding hydrogens is 430 g/mol. The summed E-state index contributed by atoms with van der Waals surface area (Å²) in [5.74, 6) is -2.04. The molecule has 1 heterocycles. The number of nitrogens with zero attached hydrogens (tertiary/aromatic N) is 1. The molecule has 0 aliphatic heterocycles. The van der Waals surface area contributed by atoms with Crippen LogP contribution in [0.15, 0.2) is 48.5 Å². The number of aromatic nitrogens is 1. The summed E-state index contributed by atoms with van der Waals surface area (Å²) in [5, 5.41) is 2.33. The lowest BCUT2D eigenvalue weighted by atomic mass is 10.1. The maximum atomic E-state index is 13.8. The molecule has 160 valence electrons. The van der Waals surface area contributed by atoms with Gasteiger partial charge in [0.15, 0.2) is 17.3 Å². The van der Waals surface area contributed by atoms with E-state index in [1.165, 1.54) is 56.7 Å². The second-order valence-electron chi connectivity index (χ2n) is 6.33. The fraction of sp³-hybridized carbons (Fsp3) is 0.136. The number of amides is 1. The number of halogens is 3. The number of hydrogen-bond acceptors (Lipinski definition) is 5. The van der Waals surface area contributed by atoms with Gasteiger partial charge in [-0.25, -0.2) is 13.8 Å². The highest BCUT2D eigenvalue weighted by Gasteiger charge is 2.17. The SMILES string of the molecule is COc1ccc(C(=O)NCC(=O)c2ccc(OC)c(-c3ccc(F)c(Cl)c3)n2)cc1F. The summed E-state index contributed by atoms with van der Waals surface area (Å²) >= 11 is 5.84. The molecule has 3 aromatic rings. The van der Waals surface area contributed by atoms with E-state index < -0.39 is 23.3 Å². The molecule has 0 bridgehead atoms. The first-order chi connectivity index (χ1) is 14.8. The minimum atomic E-state index is -0.694. The Labute approximate surface area is 181 Å². The van der Waals surface area contributed by atoms with Crippen LogP contribution in [-0.2, 0) is 0 Å². The van der Waals surface area contributed by atoms with Crippen LogP contribution >= 0.6 is 11.6 Å². The van der Waals surface area contributed by atoms with Gasteiger partial charge in [0.1, 0.15) is 23.0 Å². The van der Waals surface area contributed by atoms with Crippen LogP contribution in [0.25, 0.3) is 11.3 Å². The normalized spacial score (nSPS) is 10.5. The van der Waals surface area contributed by atoms with Crippen molar-refractivity contribution in [3.63, 3.8) is 0 Å². The molecule has 0 unspecified atom stereocenters. The van der Waals surface area contributed by atoms with Gasteiger partial charge in [-0.05, 0) is 48.5 Å². The third-order valence-corrected chi connectivity index (χ3v) is 4.67. The second-order valence-corrected chi connectivity index (χ2v) is 6.74. The van der Waals surface area contributed by atoms with E-state index in [4.69, 9.17) is 21.1 Å². The number of benzene rings is 2. The Morgan fingerprint density at radius 3 is 2.32 bits per heavy atom. The Morgan fingerprint density at radius 1 is 0.968 bits per heavy atom. The van der Waals surface area contributed by atoms with Crippen molar-refractivity contribution >= 4 is 23.3 Å². The number of Topliss-reactive ketones (excluding diaryl/α,β-unsaturated/α-hetero) is 1. The lowest BCUT2D eigenvalue weighted by molar-refractivity contribution is 0.0902. The number of ether oxygens (including phenoxy) is 2. The van der Waals surface area contributed by atoms with E-state index in [0.29, 0.717) is 17.0 Å². The Morgan fingerprint density at radius 2 is 1.68 bits per heavy atom. The predicted molar refractivity (Wildman–Crippen MR) is 111 cm³/mol. The highest BCUT2D eigenvalue weighted by atomic mass is 35.5. The van der Waals surface area contributed by atoms with Crippen LogP contribution in [-0.4, -0.2) is 37.4 Å². The van der Waals surface area contributed by atoms with Crippen LogP contribution in [0, 0.1) is 11.6 Å². The van der Waals surface area contributed by atoms with Gasteiger partial charge >= 0.3 is 0 Å². The highest BCUT2D eigenvalue weighted by molar-refractivity contribution is 6.31. The van der Waals surface area contributed by atoms with Gasteiger partial charge in [-0.3, -0.25) is 9.59 Å². The van der Waals surface area contributed by atoms with Crippen molar-refractivity contribution < 1.29 is 27.8 Å². The maximum absolute atomic E-state index is 13.8. The zero-order valence-electron chi connectivity index (χ0n) is 16.5. The number of ketones is 1. The lowest BCUT2D eigenvalue weighted by Gasteiger charge is -2.11. The number of nitrogens with one attached hydrogen (secondary N) is 1. The Bertz CT molecular complexity index is 1150. The summed E-state index contributed by atoms with van der Waals surface area (Å²) in [4.78, 5) is 29.1. The zero-order valence-corrected chi connectivity index (χ0v) is 17.3. The van der Waals surface area contributed by atoms with Crippen molar-refractivity contribution in [3.05, 3.63) is 76.4 Å². The van der Waals surface area contributed by atoms with E-state index in [0.717, 1.165) is 6.07 Å². The lowest BCUT2D eigenvalue weighted by Crippen LogP contribution is -2.30. The van der Waals surface area contributed by atoms with Crippen LogP contribution in [0.2, 0.25) is 5.02 Å². The van der Waals surface area contributed by atoms with Gasteiger partial charge in [-0.15, -0.1) is 0 Å². The molecule has 0 fully saturated rings. The topological polar surface area (TPSA) is 77.5 Å². The monoisotopic (exact) mass is 446 g/mol. The average Bonchev–Trinajstić information content (AvgIpc) is 2.78. The third-order valence-electron chi connectivity index (χ3n) is 4.38. The minimum absolute atomic E-state index is 0.00323. The first-order valence-electron chi connectivity index (χ1n) is 8.99. The fourth-order valence-corrected chi connectivity index (χ4v) is 2.96. The molecular formula is C22H17ClF2N2O4. The van der Waals surface area contributed by atoms with Crippen molar-refractivity contribution in [2.75, 3.05) is 20.8 Å². The minimum Gasteiger partial charge on any atom is -0.494 e. The van der Waals surface area contributed by atoms with Gasteiger partial charge in [-0.2, -0.15) is 0 Å². The molecule has 0 aliphatic rings. The van der Waals surface area contributed by atoms with Crippen molar-refractivity contribution in [1.82, 2.24) is 10.3 Å². The summed E-state index contributed by atoms with van der Waals surface area (Å²) in [6.45, 7) is -0.366. The third kappa shape index (κ3) is 4.97. The van der Waals surface area contributed by atoms with Gasteiger partial charge in [0.25, 0.3) is 5.91 Å². The van der Waals surface area contributed by atoms with E-state index in [2.05, 4.69) is 10.3 Å². The smallest absolute Gasteiger partial charge is 0.251 e. The van der Waals surface area contributed by atoms with E-state index in [-0.39, 0.29) is 28.6 Å². The summed E-state index contributed by atoms with van der Waals surface area (Å²) in [5.41, 5.74) is 0.835. The summed E-state index contributed by atoms with van der Waals surface area (Å²) in [6.07, 6.45) is 0. The zero-order chi connectivity index (χ0) is 22.5.